The summed E-state index contributed by atoms with van der Waals surface area (Å²) in [4.78, 5) is 11.0. The SMILES string of the molecule is O=C(O)[C@@H]1C[C@@H](O)CN1S(=O)(=O)c1ccc(Br)s1. The Morgan fingerprint density at radius 1 is 1.50 bits per heavy atom. The molecular formula is C9H10BrNO5S2. The predicted octanol–water partition coefficient (Wildman–Crippen LogP) is 0.719. The highest BCUT2D eigenvalue weighted by Crippen LogP contribution is 2.32. The summed E-state index contributed by atoms with van der Waals surface area (Å²) >= 11 is 4.17. The summed E-state index contributed by atoms with van der Waals surface area (Å²) in [5, 5.41) is 18.5. The Labute approximate surface area is 116 Å². The monoisotopic (exact) mass is 355 g/mol. The first-order chi connectivity index (χ1) is 8.32. The number of aliphatic hydroxyl groups is 1. The third-order valence-electron chi connectivity index (χ3n) is 2.63. The van der Waals surface area contributed by atoms with Crippen LogP contribution >= 0.6 is 27.3 Å². The molecule has 1 aromatic heterocycles. The summed E-state index contributed by atoms with van der Waals surface area (Å²) in [6, 6.07) is 1.79. The highest BCUT2D eigenvalue weighted by molar-refractivity contribution is 9.11. The molecule has 0 aliphatic carbocycles. The molecule has 100 valence electrons. The molecule has 9 heteroatoms. The first-order valence-electron chi connectivity index (χ1n) is 5.00. The molecule has 0 radical (unpaired) electrons. The number of thiophene rings is 1. The van der Waals surface area contributed by atoms with Crippen LogP contribution in [-0.4, -0.2) is 47.6 Å². The van der Waals surface area contributed by atoms with Crippen molar-refractivity contribution >= 4 is 43.3 Å². The maximum atomic E-state index is 12.2. The number of hydrogen-bond acceptors (Lipinski definition) is 5. The molecule has 1 aliphatic heterocycles. The van der Waals surface area contributed by atoms with Crippen molar-refractivity contribution in [3.63, 3.8) is 0 Å². The van der Waals surface area contributed by atoms with Gasteiger partial charge in [-0.3, -0.25) is 4.79 Å². The number of nitrogens with zero attached hydrogens (tertiary/aromatic N) is 1. The average molecular weight is 356 g/mol. The van der Waals surface area contributed by atoms with Crippen molar-refractivity contribution < 1.29 is 23.4 Å². The number of halogens is 1. The van der Waals surface area contributed by atoms with Gasteiger partial charge in [0.2, 0.25) is 0 Å². The molecule has 0 amide bonds. The van der Waals surface area contributed by atoms with Crippen LogP contribution in [0.3, 0.4) is 0 Å². The zero-order valence-corrected chi connectivity index (χ0v) is 12.2. The number of aliphatic hydroxyl groups excluding tert-OH is 1. The lowest BCUT2D eigenvalue weighted by Crippen LogP contribution is -2.40. The van der Waals surface area contributed by atoms with Gasteiger partial charge in [0.05, 0.1) is 9.89 Å². The van der Waals surface area contributed by atoms with E-state index in [1.807, 2.05) is 0 Å². The van der Waals surface area contributed by atoms with Crippen molar-refractivity contribution in [3.05, 3.63) is 15.9 Å². The zero-order chi connectivity index (χ0) is 13.5. The molecule has 18 heavy (non-hydrogen) atoms. The lowest BCUT2D eigenvalue weighted by atomic mass is 10.2. The van der Waals surface area contributed by atoms with Crippen molar-refractivity contribution in [1.29, 1.82) is 0 Å². The number of aliphatic carboxylic acids is 1. The minimum Gasteiger partial charge on any atom is -0.480 e. The fourth-order valence-electron chi connectivity index (χ4n) is 1.83. The largest absolute Gasteiger partial charge is 0.480 e. The van der Waals surface area contributed by atoms with Gasteiger partial charge in [0, 0.05) is 13.0 Å². The molecule has 1 fully saturated rings. The van der Waals surface area contributed by atoms with Crippen LogP contribution in [0, 0.1) is 0 Å². The third kappa shape index (κ3) is 2.45. The second-order valence-corrected chi connectivity index (χ2v) is 8.46. The third-order valence-corrected chi connectivity index (χ3v) is 6.60. The minimum atomic E-state index is -3.86. The lowest BCUT2D eigenvalue weighted by molar-refractivity contribution is -0.140. The summed E-state index contributed by atoms with van der Waals surface area (Å²) in [5.41, 5.74) is 0. The molecule has 2 heterocycles. The van der Waals surface area contributed by atoms with Gasteiger partial charge in [-0.05, 0) is 28.1 Å². The van der Waals surface area contributed by atoms with Gasteiger partial charge < -0.3 is 10.2 Å². The second-order valence-electron chi connectivity index (χ2n) is 3.88. The van der Waals surface area contributed by atoms with Crippen molar-refractivity contribution in [2.45, 2.75) is 22.8 Å². The Morgan fingerprint density at radius 3 is 2.67 bits per heavy atom. The first kappa shape index (κ1) is 13.9. The van der Waals surface area contributed by atoms with Gasteiger partial charge in [-0.25, -0.2) is 8.42 Å². The second kappa shape index (κ2) is 4.89. The van der Waals surface area contributed by atoms with Crippen LogP contribution < -0.4 is 0 Å². The summed E-state index contributed by atoms with van der Waals surface area (Å²) in [6.45, 7) is -0.186. The zero-order valence-electron chi connectivity index (χ0n) is 8.98. The summed E-state index contributed by atoms with van der Waals surface area (Å²) < 4.78 is 26.1. The molecular weight excluding hydrogens is 346 g/mol. The maximum Gasteiger partial charge on any atom is 0.322 e. The van der Waals surface area contributed by atoms with Crippen molar-refractivity contribution in [1.82, 2.24) is 4.31 Å². The number of carboxylic acid groups (broad SMARTS) is 1. The van der Waals surface area contributed by atoms with Crippen LogP contribution in [0.1, 0.15) is 6.42 Å². The molecule has 1 saturated heterocycles. The van der Waals surface area contributed by atoms with Crippen LogP contribution in [0.4, 0.5) is 0 Å². The van der Waals surface area contributed by atoms with Crippen LogP contribution in [-0.2, 0) is 14.8 Å². The summed E-state index contributed by atoms with van der Waals surface area (Å²) in [6.07, 6.45) is -1.02. The molecule has 1 aromatic rings. The molecule has 1 aliphatic rings. The van der Waals surface area contributed by atoms with E-state index in [-0.39, 0.29) is 17.2 Å². The van der Waals surface area contributed by atoms with Gasteiger partial charge in [0.25, 0.3) is 10.0 Å². The van der Waals surface area contributed by atoms with Crippen molar-refractivity contribution in [2.75, 3.05) is 6.54 Å². The number of β-amino-alcohol motifs (C(OH)–C–C–N with tert-alkyl or cyclic N) is 1. The molecule has 0 saturated carbocycles. The van der Waals surface area contributed by atoms with Crippen molar-refractivity contribution in [3.8, 4) is 0 Å². The smallest absolute Gasteiger partial charge is 0.322 e. The number of carbonyl (C=O) groups is 1. The van der Waals surface area contributed by atoms with E-state index in [0.717, 1.165) is 15.6 Å². The van der Waals surface area contributed by atoms with Gasteiger partial charge in [0.15, 0.2) is 0 Å². The summed E-state index contributed by atoms with van der Waals surface area (Å²) in [7, 11) is -3.86. The van der Waals surface area contributed by atoms with E-state index in [1.165, 1.54) is 6.07 Å². The fraction of sp³-hybridized carbons (Fsp3) is 0.444. The average Bonchev–Trinajstić information content (AvgIpc) is 2.84. The predicted molar refractivity (Wildman–Crippen MR) is 68.0 cm³/mol. The molecule has 2 atom stereocenters. The highest BCUT2D eigenvalue weighted by Gasteiger charge is 2.43. The van der Waals surface area contributed by atoms with Gasteiger partial charge in [-0.1, -0.05) is 0 Å². The van der Waals surface area contributed by atoms with Crippen LogP contribution in [0.2, 0.25) is 0 Å². The van der Waals surface area contributed by atoms with Crippen LogP contribution in [0.5, 0.6) is 0 Å². The Balaban J connectivity index is 2.38. The van der Waals surface area contributed by atoms with E-state index in [9.17, 15) is 18.3 Å². The summed E-state index contributed by atoms with van der Waals surface area (Å²) in [5.74, 6) is -1.24. The molecule has 0 bridgehead atoms. The fourth-order valence-corrected chi connectivity index (χ4v) is 5.60. The highest BCUT2D eigenvalue weighted by atomic mass is 79.9. The van der Waals surface area contributed by atoms with Gasteiger partial charge in [0.1, 0.15) is 10.3 Å². The van der Waals surface area contributed by atoms with E-state index < -0.39 is 28.1 Å². The van der Waals surface area contributed by atoms with E-state index >= 15 is 0 Å². The van der Waals surface area contributed by atoms with E-state index in [4.69, 9.17) is 5.11 Å². The van der Waals surface area contributed by atoms with E-state index in [0.29, 0.717) is 3.79 Å². The van der Waals surface area contributed by atoms with E-state index in [1.54, 1.807) is 6.07 Å². The number of sulfonamides is 1. The normalized spacial score (nSPS) is 25.4. The number of hydrogen-bond donors (Lipinski definition) is 2. The van der Waals surface area contributed by atoms with Gasteiger partial charge in [-0.2, -0.15) is 4.31 Å². The van der Waals surface area contributed by atoms with Crippen LogP contribution in [0.25, 0.3) is 0 Å². The Bertz CT molecular complexity index is 569. The maximum absolute atomic E-state index is 12.2. The van der Waals surface area contributed by atoms with Gasteiger partial charge in [-0.15, -0.1) is 11.3 Å². The molecule has 2 N–H and O–H groups in total. The molecule has 0 unspecified atom stereocenters. The first-order valence-corrected chi connectivity index (χ1v) is 8.05. The van der Waals surface area contributed by atoms with Crippen LogP contribution in [0.15, 0.2) is 20.1 Å². The van der Waals surface area contributed by atoms with E-state index in [2.05, 4.69) is 15.9 Å². The minimum absolute atomic E-state index is 0.0646. The Hall–Kier alpha value is -0.480. The Morgan fingerprint density at radius 2 is 2.17 bits per heavy atom. The molecule has 0 aromatic carbocycles. The van der Waals surface area contributed by atoms with Gasteiger partial charge >= 0.3 is 5.97 Å². The molecule has 0 spiro atoms. The standard InChI is InChI=1S/C9H10BrNO5S2/c10-7-1-2-8(17-7)18(15,16)11-4-5(12)3-6(11)9(13)14/h1-2,5-6,12H,3-4H2,(H,13,14)/t5-,6+/m1/s1. The Kier molecular flexibility index (Phi) is 3.79. The molecule has 6 nitrogen and oxygen atoms in total. The lowest BCUT2D eigenvalue weighted by Gasteiger charge is -2.19. The molecule has 2 rings (SSSR count). The number of carboxylic acids is 1. The number of rotatable bonds is 3. The van der Waals surface area contributed by atoms with Crippen molar-refractivity contribution in [2.24, 2.45) is 0 Å². The topological polar surface area (TPSA) is 94.9 Å². The quantitative estimate of drug-likeness (QED) is 0.832.